The van der Waals surface area contributed by atoms with Crippen molar-refractivity contribution < 1.29 is 14.3 Å². The fourth-order valence-electron chi connectivity index (χ4n) is 2.92. The molecule has 1 unspecified atom stereocenters. The molecule has 1 atom stereocenters. The van der Waals surface area contributed by atoms with Crippen LogP contribution in [-0.2, 0) is 11.3 Å². The summed E-state index contributed by atoms with van der Waals surface area (Å²) in [7, 11) is 1.60. The third kappa shape index (κ3) is 4.09. The molecule has 0 aliphatic carbocycles. The molecule has 0 aromatic heterocycles. The molecule has 0 radical (unpaired) electrons. The first kappa shape index (κ1) is 16.8. The molecular formula is C19H21N3O3. The number of hydrogen-bond donors (Lipinski definition) is 2. The molecule has 1 aliphatic heterocycles. The molecule has 1 saturated heterocycles. The van der Waals surface area contributed by atoms with Gasteiger partial charge in [-0.1, -0.05) is 36.4 Å². The summed E-state index contributed by atoms with van der Waals surface area (Å²) in [5.74, 6) is 0.746. The van der Waals surface area contributed by atoms with Crippen molar-refractivity contribution in [3.05, 3.63) is 60.2 Å². The van der Waals surface area contributed by atoms with Gasteiger partial charge in [0.1, 0.15) is 5.75 Å². The van der Waals surface area contributed by atoms with Crippen LogP contribution in [0, 0.1) is 0 Å². The summed E-state index contributed by atoms with van der Waals surface area (Å²) in [5.41, 5.74) is 1.75. The number of carbonyl (C=O) groups excluding carboxylic acids is 2. The number of anilines is 1. The number of carbonyl (C=O) groups is 2. The van der Waals surface area contributed by atoms with Crippen LogP contribution in [0.1, 0.15) is 12.0 Å². The lowest BCUT2D eigenvalue weighted by Gasteiger charge is -2.17. The number of rotatable bonds is 5. The number of benzene rings is 2. The molecule has 25 heavy (non-hydrogen) atoms. The van der Waals surface area contributed by atoms with Crippen molar-refractivity contribution in [2.75, 3.05) is 18.6 Å². The topological polar surface area (TPSA) is 70.7 Å². The molecule has 130 valence electrons. The van der Waals surface area contributed by atoms with Crippen LogP contribution < -0.4 is 20.3 Å². The average Bonchev–Trinajstić information content (AvgIpc) is 3.01. The predicted octanol–water partition coefficient (Wildman–Crippen LogP) is 2.30. The first-order valence-corrected chi connectivity index (χ1v) is 8.19. The highest BCUT2D eigenvalue weighted by Gasteiger charge is 2.31. The Morgan fingerprint density at radius 1 is 1.16 bits per heavy atom. The van der Waals surface area contributed by atoms with Gasteiger partial charge < -0.3 is 20.3 Å². The standard InChI is InChI=1S/C19H21N3O3/c1-25-17-10-6-5-7-14(17)12-20-19(24)21-15-11-18(23)22(13-15)16-8-3-2-4-9-16/h2-10,15H,11-13H2,1H3,(H2,20,21,24). The van der Waals surface area contributed by atoms with E-state index < -0.39 is 0 Å². The third-order valence-corrected chi connectivity index (χ3v) is 4.16. The molecule has 0 spiro atoms. The molecule has 2 N–H and O–H groups in total. The van der Waals surface area contributed by atoms with Crippen LogP contribution in [-0.4, -0.2) is 31.6 Å². The van der Waals surface area contributed by atoms with Crippen LogP contribution in [0.4, 0.5) is 10.5 Å². The molecule has 0 saturated carbocycles. The Kier molecular flexibility index (Phi) is 5.18. The second-order valence-electron chi connectivity index (χ2n) is 5.88. The zero-order chi connectivity index (χ0) is 17.6. The van der Waals surface area contributed by atoms with Crippen LogP contribution in [0.5, 0.6) is 5.75 Å². The van der Waals surface area contributed by atoms with Gasteiger partial charge in [-0.2, -0.15) is 0 Å². The molecule has 6 nitrogen and oxygen atoms in total. The molecule has 3 rings (SSSR count). The maximum atomic E-state index is 12.2. The Hall–Kier alpha value is -3.02. The Morgan fingerprint density at radius 3 is 2.64 bits per heavy atom. The Labute approximate surface area is 146 Å². The van der Waals surface area contributed by atoms with Crippen LogP contribution in [0.15, 0.2) is 54.6 Å². The number of ether oxygens (including phenoxy) is 1. The highest BCUT2D eigenvalue weighted by atomic mass is 16.5. The van der Waals surface area contributed by atoms with E-state index in [0.717, 1.165) is 17.0 Å². The number of nitrogens with one attached hydrogen (secondary N) is 2. The van der Waals surface area contributed by atoms with Crippen LogP contribution in [0.25, 0.3) is 0 Å². The summed E-state index contributed by atoms with van der Waals surface area (Å²) in [6.07, 6.45) is 0.303. The van der Waals surface area contributed by atoms with Gasteiger partial charge in [-0.05, 0) is 18.2 Å². The number of hydrogen-bond acceptors (Lipinski definition) is 3. The minimum absolute atomic E-state index is 0.0150. The van der Waals surface area contributed by atoms with E-state index >= 15 is 0 Å². The van der Waals surface area contributed by atoms with Crippen molar-refractivity contribution >= 4 is 17.6 Å². The lowest BCUT2D eigenvalue weighted by molar-refractivity contribution is -0.117. The normalized spacial score (nSPS) is 16.6. The number of nitrogens with zero attached hydrogens (tertiary/aromatic N) is 1. The van der Waals surface area contributed by atoms with Gasteiger partial charge in [-0.15, -0.1) is 0 Å². The molecule has 6 heteroatoms. The quantitative estimate of drug-likeness (QED) is 0.878. The summed E-state index contributed by atoms with van der Waals surface area (Å²) < 4.78 is 5.27. The fourth-order valence-corrected chi connectivity index (χ4v) is 2.92. The zero-order valence-corrected chi connectivity index (χ0v) is 14.1. The van der Waals surface area contributed by atoms with Gasteiger partial charge in [0, 0.05) is 30.8 Å². The number of amides is 3. The van der Waals surface area contributed by atoms with E-state index in [2.05, 4.69) is 10.6 Å². The minimum atomic E-state index is -0.293. The average molecular weight is 339 g/mol. The van der Waals surface area contributed by atoms with Gasteiger partial charge in [0.05, 0.1) is 13.2 Å². The number of methoxy groups -OCH3 is 1. The Morgan fingerprint density at radius 2 is 1.88 bits per heavy atom. The van der Waals surface area contributed by atoms with Gasteiger partial charge in [0.2, 0.25) is 5.91 Å². The van der Waals surface area contributed by atoms with Gasteiger partial charge in [0.15, 0.2) is 0 Å². The maximum Gasteiger partial charge on any atom is 0.315 e. The van der Waals surface area contributed by atoms with Crippen molar-refractivity contribution in [2.45, 2.75) is 19.0 Å². The van der Waals surface area contributed by atoms with E-state index in [-0.39, 0.29) is 18.0 Å². The maximum absolute atomic E-state index is 12.2. The van der Waals surface area contributed by atoms with E-state index in [4.69, 9.17) is 4.74 Å². The second kappa shape index (κ2) is 7.70. The Bertz CT molecular complexity index is 749. The molecule has 1 heterocycles. The summed E-state index contributed by atoms with van der Waals surface area (Å²) in [5, 5.41) is 5.67. The third-order valence-electron chi connectivity index (χ3n) is 4.16. The van der Waals surface area contributed by atoms with Crippen molar-refractivity contribution in [2.24, 2.45) is 0 Å². The lowest BCUT2D eigenvalue weighted by atomic mass is 10.2. The van der Waals surface area contributed by atoms with Gasteiger partial charge >= 0.3 is 6.03 Å². The van der Waals surface area contributed by atoms with Gasteiger partial charge in [-0.3, -0.25) is 4.79 Å². The van der Waals surface area contributed by atoms with Gasteiger partial charge in [-0.25, -0.2) is 4.79 Å². The van der Waals surface area contributed by atoms with Gasteiger partial charge in [0.25, 0.3) is 0 Å². The van der Waals surface area contributed by atoms with E-state index in [1.807, 2.05) is 54.6 Å². The SMILES string of the molecule is COc1ccccc1CNC(=O)NC1CC(=O)N(c2ccccc2)C1. The Balaban J connectivity index is 1.53. The molecule has 0 bridgehead atoms. The largest absolute Gasteiger partial charge is 0.496 e. The monoisotopic (exact) mass is 339 g/mol. The second-order valence-corrected chi connectivity index (χ2v) is 5.88. The fraction of sp³-hybridized carbons (Fsp3) is 0.263. The van der Waals surface area contributed by atoms with Crippen molar-refractivity contribution in [3.63, 3.8) is 0 Å². The molecule has 2 aromatic carbocycles. The summed E-state index contributed by atoms with van der Waals surface area (Å²) in [6.45, 7) is 0.837. The van der Waals surface area contributed by atoms with Crippen molar-refractivity contribution in [1.82, 2.24) is 10.6 Å². The van der Waals surface area contributed by atoms with Crippen LogP contribution >= 0.6 is 0 Å². The number of urea groups is 1. The van der Waals surface area contributed by atoms with Crippen LogP contribution in [0.3, 0.4) is 0 Å². The predicted molar refractivity (Wildman–Crippen MR) is 95.6 cm³/mol. The van der Waals surface area contributed by atoms with E-state index in [0.29, 0.717) is 19.5 Å². The first-order valence-electron chi connectivity index (χ1n) is 8.19. The minimum Gasteiger partial charge on any atom is -0.496 e. The van der Waals surface area contributed by atoms with E-state index in [9.17, 15) is 9.59 Å². The molecule has 1 aliphatic rings. The zero-order valence-electron chi connectivity index (χ0n) is 14.1. The molecule has 3 amide bonds. The summed E-state index contributed by atoms with van der Waals surface area (Å²) in [4.78, 5) is 26.0. The lowest BCUT2D eigenvalue weighted by Crippen LogP contribution is -2.43. The highest BCUT2D eigenvalue weighted by Crippen LogP contribution is 2.21. The first-order chi connectivity index (χ1) is 12.2. The summed E-state index contributed by atoms with van der Waals surface area (Å²) in [6, 6.07) is 16.5. The van der Waals surface area contributed by atoms with Crippen LogP contribution in [0.2, 0.25) is 0 Å². The summed E-state index contributed by atoms with van der Waals surface area (Å²) >= 11 is 0. The smallest absolute Gasteiger partial charge is 0.315 e. The van der Waals surface area contributed by atoms with E-state index in [1.54, 1.807) is 12.0 Å². The molecule has 2 aromatic rings. The molecular weight excluding hydrogens is 318 g/mol. The van der Waals surface area contributed by atoms with E-state index in [1.165, 1.54) is 0 Å². The van der Waals surface area contributed by atoms with Crippen molar-refractivity contribution in [3.8, 4) is 5.75 Å². The molecule has 1 fully saturated rings. The van der Waals surface area contributed by atoms with Crippen molar-refractivity contribution in [1.29, 1.82) is 0 Å². The number of para-hydroxylation sites is 2. The highest BCUT2D eigenvalue weighted by molar-refractivity contribution is 5.96.